The summed E-state index contributed by atoms with van der Waals surface area (Å²) in [6.45, 7) is -0.0680. The van der Waals surface area contributed by atoms with Crippen LogP contribution >= 0.6 is 11.6 Å². The van der Waals surface area contributed by atoms with E-state index in [1.807, 2.05) is 12.1 Å². The van der Waals surface area contributed by atoms with Gasteiger partial charge in [-0.2, -0.15) is 5.26 Å². The molecule has 5 rings (SSSR count). The zero-order valence-electron chi connectivity index (χ0n) is 21.0. The Morgan fingerprint density at radius 3 is 2.42 bits per heavy atom. The Kier molecular flexibility index (Phi) is 7.85. The van der Waals surface area contributed by atoms with Crippen molar-refractivity contribution in [1.29, 1.82) is 5.26 Å². The van der Waals surface area contributed by atoms with Crippen LogP contribution in [0.3, 0.4) is 0 Å². The molecule has 0 fully saturated rings. The van der Waals surface area contributed by atoms with Crippen LogP contribution in [-0.4, -0.2) is 12.6 Å². The van der Waals surface area contributed by atoms with Gasteiger partial charge in [0.1, 0.15) is 47.1 Å². The summed E-state index contributed by atoms with van der Waals surface area (Å²) in [5.41, 5.74) is 8.66. The highest BCUT2D eigenvalue weighted by Crippen LogP contribution is 2.43. The number of benzene rings is 4. The lowest BCUT2D eigenvalue weighted by atomic mass is 9.83. The van der Waals surface area contributed by atoms with Crippen LogP contribution in [0.15, 0.2) is 102 Å². The van der Waals surface area contributed by atoms with Crippen molar-refractivity contribution >= 4 is 17.6 Å². The maximum absolute atomic E-state index is 13.1. The molecule has 0 saturated heterocycles. The Morgan fingerprint density at radius 1 is 0.975 bits per heavy atom. The molecule has 0 amide bonds. The molecule has 0 radical (unpaired) electrons. The van der Waals surface area contributed by atoms with Crippen molar-refractivity contribution < 1.29 is 28.1 Å². The first-order valence-electron chi connectivity index (χ1n) is 12.2. The van der Waals surface area contributed by atoms with Crippen LogP contribution in [0.2, 0.25) is 5.02 Å². The largest absolute Gasteiger partial charge is 0.489 e. The number of esters is 1. The summed E-state index contributed by atoms with van der Waals surface area (Å²) in [6, 6.07) is 27.1. The number of rotatable bonds is 8. The summed E-state index contributed by atoms with van der Waals surface area (Å²) < 4.78 is 35.5. The molecule has 1 atom stereocenters. The van der Waals surface area contributed by atoms with Crippen LogP contribution in [0.4, 0.5) is 4.39 Å². The van der Waals surface area contributed by atoms with Gasteiger partial charge in [0.2, 0.25) is 5.88 Å². The monoisotopic (exact) mass is 556 g/mol. The zero-order chi connectivity index (χ0) is 28.1. The Labute approximate surface area is 234 Å². The van der Waals surface area contributed by atoms with Gasteiger partial charge in [-0.05, 0) is 53.6 Å². The standard InChI is InChI=1S/C31H22ClFN2O5/c32-26-3-1-2-4-27(26)38-18-29(36)39-23-13-14-24-28(15-23)40-31(35)25(16-34)30(24)20-7-11-22(12-8-20)37-17-19-5-9-21(33)10-6-19/h1-15,30H,17-18,35H2. The first-order valence-corrected chi connectivity index (χ1v) is 12.6. The molecule has 7 nitrogen and oxygen atoms in total. The van der Waals surface area contributed by atoms with E-state index in [9.17, 15) is 14.4 Å². The van der Waals surface area contributed by atoms with E-state index in [0.717, 1.165) is 11.1 Å². The fourth-order valence-electron chi connectivity index (χ4n) is 4.21. The summed E-state index contributed by atoms with van der Waals surface area (Å²) in [7, 11) is 0. The summed E-state index contributed by atoms with van der Waals surface area (Å²) >= 11 is 6.05. The molecule has 0 aromatic heterocycles. The predicted octanol–water partition coefficient (Wildman–Crippen LogP) is 6.26. The number of carbonyl (C=O) groups is 1. The quantitative estimate of drug-likeness (QED) is 0.202. The first kappa shape index (κ1) is 26.6. The molecule has 1 aliphatic rings. The molecular weight excluding hydrogens is 535 g/mol. The molecule has 0 spiro atoms. The zero-order valence-corrected chi connectivity index (χ0v) is 21.7. The maximum Gasteiger partial charge on any atom is 0.349 e. The minimum atomic E-state index is -0.635. The van der Waals surface area contributed by atoms with Crippen LogP contribution < -0.4 is 24.7 Å². The topological polar surface area (TPSA) is 104 Å². The molecule has 1 unspecified atom stereocenters. The third-order valence-corrected chi connectivity index (χ3v) is 6.45. The highest BCUT2D eigenvalue weighted by molar-refractivity contribution is 6.32. The van der Waals surface area contributed by atoms with E-state index in [1.165, 1.54) is 18.2 Å². The number of hydrogen-bond donors (Lipinski definition) is 1. The van der Waals surface area contributed by atoms with E-state index in [-0.39, 0.29) is 36.2 Å². The van der Waals surface area contributed by atoms with Crippen molar-refractivity contribution in [2.45, 2.75) is 12.5 Å². The van der Waals surface area contributed by atoms with Gasteiger partial charge in [0, 0.05) is 11.6 Å². The molecule has 0 bridgehead atoms. The van der Waals surface area contributed by atoms with Crippen LogP contribution in [-0.2, 0) is 11.4 Å². The van der Waals surface area contributed by atoms with Crippen LogP contribution in [0, 0.1) is 17.1 Å². The minimum absolute atomic E-state index is 0.0397. The summed E-state index contributed by atoms with van der Waals surface area (Å²) in [6.07, 6.45) is 0. The second kappa shape index (κ2) is 11.8. The molecule has 200 valence electrons. The number of halogens is 2. The minimum Gasteiger partial charge on any atom is -0.489 e. The van der Waals surface area contributed by atoms with E-state index in [4.69, 9.17) is 36.3 Å². The van der Waals surface area contributed by atoms with Gasteiger partial charge in [-0.15, -0.1) is 0 Å². The molecule has 0 saturated carbocycles. The Hall–Kier alpha value is -5.00. The summed E-state index contributed by atoms with van der Waals surface area (Å²) in [4.78, 5) is 12.4. The van der Waals surface area contributed by atoms with Gasteiger partial charge in [-0.1, -0.05) is 54.1 Å². The Bertz CT molecular complexity index is 1610. The highest BCUT2D eigenvalue weighted by Gasteiger charge is 2.31. The van der Waals surface area contributed by atoms with Gasteiger partial charge < -0.3 is 24.7 Å². The van der Waals surface area contributed by atoms with Crippen molar-refractivity contribution in [3.05, 3.63) is 130 Å². The lowest BCUT2D eigenvalue weighted by Crippen LogP contribution is -2.21. The number of ether oxygens (including phenoxy) is 4. The third-order valence-electron chi connectivity index (χ3n) is 6.14. The average molecular weight is 557 g/mol. The average Bonchev–Trinajstić information content (AvgIpc) is 2.96. The molecular formula is C31H22ClFN2O5. The lowest BCUT2D eigenvalue weighted by molar-refractivity contribution is -0.136. The Balaban J connectivity index is 1.30. The highest BCUT2D eigenvalue weighted by atomic mass is 35.5. The van der Waals surface area contributed by atoms with Crippen LogP contribution in [0.25, 0.3) is 0 Å². The third kappa shape index (κ3) is 6.01. The van der Waals surface area contributed by atoms with Crippen LogP contribution in [0.5, 0.6) is 23.0 Å². The van der Waals surface area contributed by atoms with Gasteiger partial charge in [-0.3, -0.25) is 0 Å². The van der Waals surface area contributed by atoms with E-state index in [2.05, 4.69) is 6.07 Å². The normalized spacial score (nSPS) is 14.0. The lowest BCUT2D eigenvalue weighted by Gasteiger charge is -2.26. The number of allylic oxidation sites excluding steroid dienone is 1. The Morgan fingerprint density at radius 2 is 1.70 bits per heavy atom. The molecule has 0 aliphatic carbocycles. The SMILES string of the molecule is N#CC1=C(N)Oc2cc(OC(=O)COc3ccccc3Cl)ccc2C1c1ccc(OCc2ccc(F)cc2)cc1. The maximum atomic E-state index is 13.1. The van der Waals surface area contributed by atoms with Gasteiger partial charge in [0.25, 0.3) is 0 Å². The summed E-state index contributed by atoms with van der Waals surface area (Å²) in [5, 5.41) is 10.2. The molecule has 1 aliphatic heterocycles. The number of para-hydroxylation sites is 1. The predicted molar refractivity (Wildman–Crippen MR) is 145 cm³/mol. The van der Waals surface area contributed by atoms with Crippen molar-refractivity contribution in [3.63, 3.8) is 0 Å². The fraction of sp³-hybridized carbons (Fsp3) is 0.0968. The second-order valence-corrected chi connectivity index (χ2v) is 9.21. The number of nitriles is 1. The number of hydrogen-bond acceptors (Lipinski definition) is 7. The van der Waals surface area contributed by atoms with Gasteiger partial charge in [0.15, 0.2) is 6.61 Å². The second-order valence-electron chi connectivity index (χ2n) is 8.80. The fourth-order valence-corrected chi connectivity index (χ4v) is 4.40. The van der Waals surface area contributed by atoms with Crippen molar-refractivity contribution in [2.75, 3.05) is 6.61 Å². The van der Waals surface area contributed by atoms with E-state index >= 15 is 0 Å². The van der Waals surface area contributed by atoms with Gasteiger partial charge in [-0.25, -0.2) is 9.18 Å². The van der Waals surface area contributed by atoms with Crippen LogP contribution in [0.1, 0.15) is 22.6 Å². The molecule has 2 N–H and O–H groups in total. The van der Waals surface area contributed by atoms with E-state index in [0.29, 0.717) is 27.8 Å². The van der Waals surface area contributed by atoms with Gasteiger partial charge >= 0.3 is 5.97 Å². The summed E-state index contributed by atoms with van der Waals surface area (Å²) in [5.74, 6) is 0.0698. The molecule has 4 aromatic carbocycles. The van der Waals surface area contributed by atoms with E-state index < -0.39 is 11.9 Å². The first-order chi connectivity index (χ1) is 19.4. The number of fused-ring (bicyclic) bond motifs is 1. The molecule has 40 heavy (non-hydrogen) atoms. The number of nitrogens with zero attached hydrogens (tertiary/aromatic N) is 1. The molecule has 4 aromatic rings. The van der Waals surface area contributed by atoms with E-state index in [1.54, 1.807) is 60.7 Å². The van der Waals surface area contributed by atoms with Crippen molar-refractivity contribution in [2.24, 2.45) is 5.73 Å². The molecule has 1 heterocycles. The number of nitrogens with two attached hydrogens (primary N) is 1. The smallest absolute Gasteiger partial charge is 0.349 e. The number of carbonyl (C=O) groups excluding carboxylic acids is 1. The van der Waals surface area contributed by atoms with Crippen molar-refractivity contribution in [1.82, 2.24) is 0 Å². The molecule has 9 heteroatoms. The van der Waals surface area contributed by atoms with Crippen molar-refractivity contribution in [3.8, 4) is 29.1 Å². The van der Waals surface area contributed by atoms with Gasteiger partial charge in [0.05, 0.1) is 10.9 Å².